The van der Waals surface area contributed by atoms with Crippen LogP contribution in [0.15, 0.2) is 42.5 Å². The van der Waals surface area contributed by atoms with Crippen molar-refractivity contribution in [3.63, 3.8) is 0 Å². The Hall–Kier alpha value is -2.33. The van der Waals surface area contributed by atoms with Crippen molar-refractivity contribution in [1.29, 1.82) is 0 Å². The van der Waals surface area contributed by atoms with E-state index in [4.69, 9.17) is 0 Å². The van der Waals surface area contributed by atoms with Crippen molar-refractivity contribution in [2.45, 2.75) is 45.7 Å². The number of fused-ring (bicyclic) bond motifs is 3. The zero-order valence-corrected chi connectivity index (χ0v) is 15.7. The fourth-order valence-corrected chi connectivity index (χ4v) is 4.25. The number of nitrogens with zero attached hydrogens (tertiary/aromatic N) is 2. The molecule has 1 fully saturated rings. The zero-order chi connectivity index (χ0) is 18.1. The average molecular weight is 349 g/mol. The molecule has 0 spiro atoms. The van der Waals surface area contributed by atoms with Gasteiger partial charge in [-0.3, -0.25) is 9.69 Å². The highest BCUT2D eigenvalue weighted by Gasteiger charge is 2.20. The lowest BCUT2D eigenvalue weighted by molar-refractivity contribution is -0.118. The van der Waals surface area contributed by atoms with Crippen LogP contribution in [0.25, 0.3) is 21.8 Å². The summed E-state index contributed by atoms with van der Waals surface area (Å²) in [4.78, 5) is 14.8. The Morgan fingerprint density at radius 3 is 2.73 bits per heavy atom. The van der Waals surface area contributed by atoms with Gasteiger partial charge < -0.3 is 9.88 Å². The summed E-state index contributed by atoms with van der Waals surface area (Å²) in [5.41, 5.74) is 3.35. The number of carbonyl (C=O) groups excluding carboxylic acids is 1. The molecular formula is C22H27N3O. The Kier molecular flexibility index (Phi) is 4.68. The highest BCUT2D eigenvalue weighted by Crippen LogP contribution is 2.31. The second-order valence-corrected chi connectivity index (χ2v) is 7.36. The van der Waals surface area contributed by atoms with Crippen LogP contribution in [-0.4, -0.2) is 34.5 Å². The molecule has 1 saturated heterocycles. The highest BCUT2D eigenvalue weighted by atomic mass is 16.2. The van der Waals surface area contributed by atoms with Crippen molar-refractivity contribution >= 4 is 33.4 Å². The summed E-state index contributed by atoms with van der Waals surface area (Å²) in [5.74, 6) is 0.0809. The number of amides is 1. The lowest BCUT2D eigenvalue weighted by atomic mass is 10.0. The van der Waals surface area contributed by atoms with Crippen LogP contribution < -0.4 is 5.32 Å². The number of carbonyl (C=O) groups is 1. The highest BCUT2D eigenvalue weighted by molar-refractivity contribution is 6.09. The number of aryl methyl sites for hydroxylation is 1. The molecule has 26 heavy (non-hydrogen) atoms. The van der Waals surface area contributed by atoms with E-state index in [0.717, 1.165) is 18.8 Å². The van der Waals surface area contributed by atoms with Gasteiger partial charge >= 0.3 is 0 Å². The van der Waals surface area contributed by atoms with Crippen molar-refractivity contribution < 1.29 is 4.79 Å². The molecule has 2 aromatic carbocycles. The van der Waals surface area contributed by atoms with Crippen molar-refractivity contribution in [2.24, 2.45) is 0 Å². The first-order valence-electron chi connectivity index (χ1n) is 9.72. The van der Waals surface area contributed by atoms with Gasteiger partial charge in [-0.1, -0.05) is 24.6 Å². The normalized spacial score (nSPS) is 18.5. The molecule has 136 valence electrons. The molecule has 0 radical (unpaired) electrons. The number of likely N-dealkylation sites (tertiary alicyclic amines) is 1. The Balaban J connectivity index is 1.59. The van der Waals surface area contributed by atoms with Crippen LogP contribution in [0, 0.1) is 0 Å². The Bertz CT molecular complexity index is 943. The van der Waals surface area contributed by atoms with E-state index in [1.165, 1.54) is 41.1 Å². The first-order valence-corrected chi connectivity index (χ1v) is 9.72. The fraction of sp³-hybridized carbons (Fsp3) is 0.409. The number of nitrogens with one attached hydrogen (secondary N) is 1. The minimum Gasteiger partial charge on any atom is -0.341 e. The summed E-state index contributed by atoms with van der Waals surface area (Å²) in [6, 6.07) is 15.2. The van der Waals surface area contributed by atoms with Gasteiger partial charge in [-0.15, -0.1) is 0 Å². The number of piperidine rings is 1. The summed E-state index contributed by atoms with van der Waals surface area (Å²) in [7, 11) is 0. The monoisotopic (exact) mass is 349 g/mol. The molecular weight excluding hydrogens is 322 g/mol. The van der Waals surface area contributed by atoms with Crippen molar-refractivity contribution in [3.8, 4) is 0 Å². The van der Waals surface area contributed by atoms with E-state index in [1.54, 1.807) is 0 Å². The molecule has 1 aromatic heterocycles. The number of hydrogen-bond donors (Lipinski definition) is 1. The summed E-state index contributed by atoms with van der Waals surface area (Å²) in [6.07, 6.45) is 3.66. The second kappa shape index (κ2) is 7.12. The van der Waals surface area contributed by atoms with Gasteiger partial charge in [0.2, 0.25) is 5.91 Å². The standard InChI is InChI=1S/C22H27N3O/c1-3-25-20-10-5-4-9-18(20)19-14-17(11-12-21(19)25)23-22(26)15-24-13-7-6-8-16(24)2/h4-5,9-12,14,16H,3,6-8,13,15H2,1-2H3,(H,23,26). The molecule has 1 unspecified atom stereocenters. The van der Waals surface area contributed by atoms with Crippen LogP contribution in [0.5, 0.6) is 0 Å². The number of aromatic nitrogens is 1. The van der Waals surface area contributed by atoms with Gasteiger partial charge in [-0.2, -0.15) is 0 Å². The van der Waals surface area contributed by atoms with Crippen molar-refractivity contribution in [3.05, 3.63) is 42.5 Å². The van der Waals surface area contributed by atoms with E-state index in [9.17, 15) is 4.79 Å². The molecule has 1 aliphatic rings. The van der Waals surface area contributed by atoms with E-state index in [-0.39, 0.29) is 5.91 Å². The predicted octanol–water partition coefficient (Wildman–Crippen LogP) is 4.63. The quantitative estimate of drug-likeness (QED) is 0.746. The number of para-hydroxylation sites is 1. The Morgan fingerprint density at radius 2 is 1.92 bits per heavy atom. The van der Waals surface area contributed by atoms with Gasteiger partial charge in [-0.25, -0.2) is 0 Å². The summed E-state index contributed by atoms with van der Waals surface area (Å²) in [6.45, 7) is 6.83. The Labute approximate surface area is 154 Å². The van der Waals surface area contributed by atoms with Gasteiger partial charge in [0.05, 0.1) is 6.54 Å². The van der Waals surface area contributed by atoms with Crippen LogP contribution in [0.3, 0.4) is 0 Å². The summed E-state index contributed by atoms with van der Waals surface area (Å²) < 4.78 is 2.33. The molecule has 4 nitrogen and oxygen atoms in total. The van der Waals surface area contributed by atoms with E-state index < -0.39 is 0 Å². The molecule has 1 N–H and O–H groups in total. The maximum Gasteiger partial charge on any atom is 0.238 e. The number of hydrogen-bond acceptors (Lipinski definition) is 2. The van der Waals surface area contributed by atoms with E-state index in [0.29, 0.717) is 12.6 Å². The number of rotatable bonds is 4. The van der Waals surface area contributed by atoms with Gasteiger partial charge in [-0.05, 0) is 57.5 Å². The molecule has 1 amide bonds. The van der Waals surface area contributed by atoms with Crippen LogP contribution in [0.1, 0.15) is 33.1 Å². The number of anilines is 1. The topological polar surface area (TPSA) is 37.3 Å². The van der Waals surface area contributed by atoms with E-state index in [2.05, 4.69) is 65.0 Å². The van der Waals surface area contributed by atoms with Crippen molar-refractivity contribution in [2.75, 3.05) is 18.4 Å². The molecule has 0 saturated carbocycles. The van der Waals surface area contributed by atoms with E-state index >= 15 is 0 Å². The maximum absolute atomic E-state index is 12.5. The van der Waals surface area contributed by atoms with Crippen LogP contribution in [-0.2, 0) is 11.3 Å². The molecule has 2 heterocycles. The molecule has 1 aliphatic heterocycles. The van der Waals surface area contributed by atoms with Gasteiger partial charge in [0.15, 0.2) is 0 Å². The third-order valence-corrected chi connectivity index (χ3v) is 5.66. The largest absolute Gasteiger partial charge is 0.341 e. The molecule has 0 bridgehead atoms. The minimum atomic E-state index is 0.0809. The van der Waals surface area contributed by atoms with Crippen LogP contribution in [0.2, 0.25) is 0 Å². The van der Waals surface area contributed by atoms with Crippen molar-refractivity contribution in [1.82, 2.24) is 9.47 Å². The fourth-order valence-electron chi connectivity index (χ4n) is 4.25. The predicted molar refractivity (Wildman–Crippen MR) is 109 cm³/mol. The summed E-state index contributed by atoms with van der Waals surface area (Å²) >= 11 is 0. The molecule has 0 aliphatic carbocycles. The first-order chi connectivity index (χ1) is 12.7. The zero-order valence-electron chi connectivity index (χ0n) is 15.7. The molecule has 1 atom stereocenters. The molecule has 4 rings (SSSR count). The smallest absolute Gasteiger partial charge is 0.238 e. The average Bonchev–Trinajstić information content (AvgIpc) is 2.97. The van der Waals surface area contributed by atoms with Crippen LogP contribution >= 0.6 is 0 Å². The van der Waals surface area contributed by atoms with Crippen LogP contribution in [0.4, 0.5) is 5.69 Å². The third-order valence-electron chi connectivity index (χ3n) is 5.66. The lowest BCUT2D eigenvalue weighted by Crippen LogP contribution is -2.42. The Morgan fingerprint density at radius 1 is 1.12 bits per heavy atom. The second-order valence-electron chi connectivity index (χ2n) is 7.36. The number of benzene rings is 2. The maximum atomic E-state index is 12.5. The van der Waals surface area contributed by atoms with E-state index in [1.807, 2.05) is 6.07 Å². The minimum absolute atomic E-state index is 0.0809. The summed E-state index contributed by atoms with van der Waals surface area (Å²) in [5, 5.41) is 5.55. The van der Waals surface area contributed by atoms with Gasteiger partial charge in [0, 0.05) is 40.1 Å². The van der Waals surface area contributed by atoms with Gasteiger partial charge in [0.1, 0.15) is 0 Å². The molecule has 4 heteroatoms. The molecule has 3 aromatic rings. The third kappa shape index (κ3) is 3.10. The SMILES string of the molecule is CCn1c2ccccc2c2cc(NC(=O)CN3CCCCC3C)ccc21. The lowest BCUT2D eigenvalue weighted by Gasteiger charge is -2.32. The first kappa shape index (κ1) is 17.1. The van der Waals surface area contributed by atoms with Gasteiger partial charge in [0.25, 0.3) is 0 Å².